The monoisotopic (exact) mass is 436 g/mol. The van der Waals surface area contributed by atoms with E-state index in [0.29, 0.717) is 42.6 Å². The number of anilines is 1. The minimum absolute atomic E-state index is 0.0207. The molecule has 1 heterocycles. The van der Waals surface area contributed by atoms with Crippen LogP contribution in [0.4, 0.5) is 5.69 Å². The normalized spacial score (nSPS) is 14.5. The Hall–Kier alpha value is -2.42. The smallest absolute Gasteiger partial charge is 0.264 e. The van der Waals surface area contributed by atoms with Gasteiger partial charge in [0.1, 0.15) is 6.54 Å². The van der Waals surface area contributed by atoms with Crippen LogP contribution in [0, 0.1) is 0 Å². The van der Waals surface area contributed by atoms with E-state index in [1.54, 1.807) is 17.0 Å². The number of carbonyl (C=O) groups is 2. The molecule has 1 aliphatic rings. The lowest BCUT2D eigenvalue weighted by Gasteiger charge is -2.30. The molecule has 1 amide bonds. The first-order chi connectivity index (χ1) is 13.8. The lowest BCUT2D eigenvalue weighted by Crippen LogP contribution is -2.47. The first kappa shape index (κ1) is 21.3. The number of hydrogen-bond acceptors (Lipinski definition) is 5. The molecule has 0 radical (unpaired) electrons. The molecule has 2 aromatic rings. The number of carbonyl (C=O) groups excluding carboxylic acids is 2. The van der Waals surface area contributed by atoms with E-state index in [1.165, 1.54) is 43.3 Å². The molecule has 0 aliphatic carbocycles. The second kappa shape index (κ2) is 8.94. The Bertz CT molecular complexity index is 985. The van der Waals surface area contributed by atoms with Gasteiger partial charge in [-0.15, -0.1) is 0 Å². The molecule has 1 fully saturated rings. The summed E-state index contributed by atoms with van der Waals surface area (Å²) in [6.45, 7) is 2.74. The van der Waals surface area contributed by atoms with Gasteiger partial charge in [0.25, 0.3) is 10.0 Å². The summed E-state index contributed by atoms with van der Waals surface area (Å²) in [5.74, 6) is -0.450. The van der Waals surface area contributed by atoms with Crippen LogP contribution in [0.1, 0.15) is 17.3 Å². The van der Waals surface area contributed by atoms with Crippen molar-refractivity contribution in [3.05, 3.63) is 59.1 Å². The highest BCUT2D eigenvalue weighted by Crippen LogP contribution is 2.25. The van der Waals surface area contributed by atoms with Gasteiger partial charge in [0.05, 0.1) is 23.8 Å². The Morgan fingerprint density at radius 2 is 1.62 bits per heavy atom. The third kappa shape index (κ3) is 4.95. The van der Waals surface area contributed by atoms with E-state index in [0.717, 1.165) is 4.31 Å². The van der Waals surface area contributed by atoms with Gasteiger partial charge >= 0.3 is 0 Å². The number of ketones is 1. The number of Topliss-reactive ketones (excluding diaryl/α,β-unsaturated/α-hetero) is 1. The van der Waals surface area contributed by atoms with Crippen LogP contribution in [0.2, 0.25) is 5.02 Å². The van der Waals surface area contributed by atoms with Crippen molar-refractivity contribution in [1.29, 1.82) is 0 Å². The Morgan fingerprint density at radius 3 is 2.17 bits per heavy atom. The molecule has 1 saturated heterocycles. The number of ether oxygens (including phenoxy) is 1. The average molecular weight is 437 g/mol. The van der Waals surface area contributed by atoms with Gasteiger partial charge in [-0.1, -0.05) is 11.6 Å². The fraction of sp³-hybridized carbons (Fsp3) is 0.300. The molecule has 0 bridgehead atoms. The van der Waals surface area contributed by atoms with Crippen molar-refractivity contribution in [3.63, 3.8) is 0 Å². The molecular formula is C20H21ClN2O5S. The molecule has 0 saturated carbocycles. The fourth-order valence-corrected chi connectivity index (χ4v) is 4.49. The standard InChI is InChI=1S/C20H21ClN2O5S/c1-15(24)16-2-6-18(7-3-16)23(14-20(25)22-10-12-28-13-11-22)29(26,27)19-8-4-17(21)5-9-19/h2-9H,10-14H2,1H3. The van der Waals surface area contributed by atoms with Gasteiger partial charge in [0, 0.05) is 23.7 Å². The van der Waals surface area contributed by atoms with E-state index in [9.17, 15) is 18.0 Å². The number of morpholine rings is 1. The van der Waals surface area contributed by atoms with Crippen molar-refractivity contribution < 1.29 is 22.7 Å². The molecule has 0 atom stereocenters. The maximum atomic E-state index is 13.3. The first-order valence-corrected chi connectivity index (χ1v) is 10.9. The second-order valence-corrected chi connectivity index (χ2v) is 8.86. The van der Waals surface area contributed by atoms with Crippen molar-refractivity contribution in [3.8, 4) is 0 Å². The Labute approximate surface area is 174 Å². The molecule has 0 spiro atoms. The number of rotatable bonds is 6. The highest BCUT2D eigenvalue weighted by Gasteiger charge is 2.29. The molecule has 154 valence electrons. The summed E-state index contributed by atoms with van der Waals surface area (Å²) in [6.07, 6.45) is 0. The highest BCUT2D eigenvalue weighted by atomic mass is 35.5. The van der Waals surface area contributed by atoms with Crippen LogP contribution >= 0.6 is 11.6 Å². The van der Waals surface area contributed by atoms with E-state index in [-0.39, 0.29) is 23.1 Å². The minimum atomic E-state index is -4.03. The number of halogens is 1. The number of sulfonamides is 1. The van der Waals surface area contributed by atoms with Crippen LogP contribution in [0.3, 0.4) is 0 Å². The molecule has 9 heteroatoms. The van der Waals surface area contributed by atoms with Crippen LogP contribution in [0.25, 0.3) is 0 Å². The minimum Gasteiger partial charge on any atom is -0.378 e. The van der Waals surface area contributed by atoms with Crippen LogP contribution in [-0.4, -0.2) is 57.9 Å². The number of hydrogen-bond donors (Lipinski definition) is 0. The van der Waals surface area contributed by atoms with E-state index in [4.69, 9.17) is 16.3 Å². The quantitative estimate of drug-likeness (QED) is 0.650. The lowest BCUT2D eigenvalue weighted by molar-refractivity contribution is -0.133. The summed E-state index contributed by atoms with van der Waals surface area (Å²) < 4.78 is 32.9. The molecule has 0 aromatic heterocycles. The Balaban J connectivity index is 1.97. The van der Waals surface area contributed by atoms with Gasteiger partial charge < -0.3 is 9.64 Å². The van der Waals surface area contributed by atoms with E-state index in [1.807, 2.05) is 0 Å². The summed E-state index contributed by atoms with van der Waals surface area (Å²) in [6, 6.07) is 11.9. The van der Waals surface area contributed by atoms with Crippen LogP contribution in [-0.2, 0) is 19.6 Å². The van der Waals surface area contributed by atoms with Crippen molar-refractivity contribution in [2.45, 2.75) is 11.8 Å². The zero-order valence-corrected chi connectivity index (χ0v) is 17.4. The zero-order chi connectivity index (χ0) is 21.0. The summed E-state index contributed by atoms with van der Waals surface area (Å²) >= 11 is 5.88. The van der Waals surface area contributed by atoms with E-state index < -0.39 is 10.0 Å². The second-order valence-electron chi connectivity index (χ2n) is 6.56. The van der Waals surface area contributed by atoms with Crippen LogP contribution < -0.4 is 4.31 Å². The zero-order valence-electron chi connectivity index (χ0n) is 15.9. The maximum Gasteiger partial charge on any atom is 0.264 e. The van der Waals surface area contributed by atoms with E-state index >= 15 is 0 Å². The average Bonchev–Trinajstić information content (AvgIpc) is 2.72. The molecular weight excluding hydrogens is 416 g/mol. The number of benzene rings is 2. The Morgan fingerprint density at radius 1 is 1.03 bits per heavy atom. The van der Waals surface area contributed by atoms with Gasteiger partial charge in [-0.25, -0.2) is 8.42 Å². The van der Waals surface area contributed by atoms with Crippen LogP contribution in [0.5, 0.6) is 0 Å². The molecule has 1 aliphatic heterocycles. The third-order valence-electron chi connectivity index (χ3n) is 4.61. The van der Waals surface area contributed by atoms with Gasteiger partial charge in [-0.05, 0) is 55.5 Å². The SMILES string of the molecule is CC(=O)c1ccc(N(CC(=O)N2CCOCC2)S(=O)(=O)c2ccc(Cl)cc2)cc1. The summed E-state index contributed by atoms with van der Waals surface area (Å²) in [5.41, 5.74) is 0.753. The van der Waals surface area contributed by atoms with Crippen molar-refractivity contribution in [1.82, 2.24) is 4.90 Å². The van der Waals surface area contributed by atoms with Crippen molar-refractivity contribution in [2.75, 3.05) is 37.2 Å². The first-order valence-electron chi connectivity index (χ1n) is 9.04. The molecule has 0 unspecified atom stereocenters. The summed E-state index contributed by atoms with van der Waals surface area (Å²) in [4.78, 5) is 25.9. The predicted octanol–water partition coefficient (Wildman–Crippen LogP) is 2.60. The number of nitrogens with zero attached hydrogens (tertiary/aromatic N) is 2. The highest BCUT2D eigenvalue weighted by molar-refractivity contribution is 7.92. The van der Waals surface area contributed by atoms with E-state index in [2.05, 4.69) is 0 Å². The number of amides is 1. The van der Waals surface area contributed by atoms with Gasteiger partial charge in [0.2, 0.25) is 5.91 Å². The Kier molecular flexibility index (Phi) is 6.56. The maximum absolute atomic E-state index is 13.3. The fourth-order valence-electron chi connectivity index (χ4n) is 2.95. The van der Waals surface area contributed by atoms with Crippen molar-refractivity contribution >= 4 is 39.0 Å². The van der Waals surface area contributed by atoms with Gasteiger partial charge in [0.15, 0.2) is 5.78 Å². The summed E-state index contributed by atoms with van der Waals surface area (Å²) in [5, 5.41) is 0.408. The lowest BCUT2D eigenvalue weighted by atomic mass is 10.1. The van der Waals surface area contributed by atoms with Crippen LogP contribution in [0.15, 0.2) is 53.4 Å². The summed E-state index contributed by atoms with van der Waals surface area (Å²) in [7, 11) is -4.03. The molecule has 7 nitrogen and oxygen atoms in total. The molecule has 2 aromatic carbocycles. The molecule has 0 N–H and O–H groups in total. The molecule has 29 heavy (non-hydrogen) atoms. The third-order valence-corrected chi connectivity index (χ3v) is 6.65. The molecule has 3 rings (SSSR count). The topological polar surface area (TPSA) is 84.0 Å². The van der Waals surface area contributed by atoms with Gasteiger partial charge in [-0.2, -0.15) is 0 Å². The largest absolute Gasteiger partial charge is 0.378 e. The predicted molar refractivity (Wildman–Crippen MR) is 110 cm³/mol. The van der Waals surface area contributed by atoms with Gasteiger partial charge in [-0.3, -0.25) is 13.9 Å². The van der Waals surface area contributed by atoms with Crippen molar-refractivity contribution in [2.24, 2.45) is 0 Å².